The van der Waals surface area contributed by atoms with Crippen molar-refractivity contribution < 1.29 is 0 Å². The number of benzene rings is 1. The fourth-order valence-electron chi connectivity index (χ4n) is 4.27. The number of nitrogens with one attached hydrogen (secondary N) is 1. The van der Waals surface area contributed by atoms with Crippen LogP contribution >= 0.6 is 11.6 Å². The number of hydrogen-bond acceptors (Lipinski definition) is 3. The van der Waals surface area contributed by atoms with E-state index >= 15 is 0 Å². The van der Waals surface area contributed by atoms with Crippen molar-refractivity contribution in [1.29, 1.82) is 0 Å². The van der Waals surface area contributed by atoms with Crippen molar-refractivity contribution in [2.75, 3.05) is 57.3 Å². The quantitative estimate of drug-likeness (QED) is 0.620. The highest BCUT2D eigenvalue weighted by molar-refractivity contribution is 6.30. The van der Waals surface area contributed by atoms with Gasteiger partial charge in [-0.05, 0) is 56.8 Å². The second-order valence-electron chi connectivity index (χ2n) is 8.03. The highest BCUT2D eigenvalue weighted by Crippen LogP contribution is 2.31. The summed E-state index contributed by atoms with van der Waals surface area (Å²) in [5, 5.41) is 4.32. The molecule has 6 heteroatoms. The molecular formula is C21H32ClN5. The number of hydrogen-bond donors (Lipinski definition) is 1. The average Bonchev–Trinajstić information content (AvgIpc) is 3.44. The third kappa shape index (κ3) is 4.88. The van der Waals surface area contributed by atoms with E-state index in [4.69, 9.17) is 16.6 Å². The van der Waals surface area contributed by atoms with Gasteiger partial charge in [0.05, 0.1) is 0 Å². The van der Waals surface area contributed by atoms with Crippen LogP contribution in [0.2, 0.25) is 5.02 Å². The SMILES string of the molecule is CCNC(=NCC1CCN(C2CC2)C1)N1CCN(c2cccc(Cl)c2)CC1. The van der Waals surface area contributed by atoms with Crippen LogP contribution in [0.15, 0.2) is 29.3 Å². The molecule has 1 saturated carbocycles. The van der Waals surface area contributed by atoms with Crippen molar-refractivity contribution in [1.82, 2.24) is 15.1 Å². The third-order valence-corrected chi connectivity index (χ3v) is 6.20. The predicted octanol–water partition coefficient (Wildman–Crippen LogP) is 2.91. The van der Waals surface area contributed by atoms with Crippen LogP contribution in [-0.4, -0.2) is 74.2 Å². The Morgan fingerprint density at radius 1 is 1.15 bits per heavy atom. The summed E-state index contributed by atoms with van der Waals surface area (Å²) in [5.74, 6) is 1.82. The summed E-state index contributed by atoms with van der Waals surface area (Å²) in [7, 11) is 0. The van der Waals surface area contributed by atoms with Gasteiger partial charge in [0.1, 0.15) is 0 Å². The van der Waals surface area contributed by atoms with Crippen LogP contribution in [0.25, 0.3) is 0 Å². The molecule has 0 radical (unpaired) electrons. The topological polar surface area (TPSA) is 34.1 Å². The molecule has 5 nitrogen and oxygen atoms in total. The Kier molecular flexibility index (Phi) is 6.08. The Hall–Kier alpha value is -1.46. The first kappa shape index (κ1) is 18.9. The number of guanidine groups is 1. The minimum absolute atomic E-state index is 0.729. The molecule has 1 atom stereocenters. The number of aliphatic imine (C=N–C) groups is 1. The van der Waals surface area contributed by atoms with Gasteiger partial charge in [0, 0.05) is 62.6 Å². The van der Waals surface area contributed by atoms with E-state index in [0.717, 1.165) is 62.2 Å². The van der Waals surface area contributed by atoms with Crippen LogP contribution in [0, 0.1) is 5.92 Å². The summed E-state index contributed by atoms with van der Waals surface area (Å²) in [6.07, 6.45) is 4.13. The van der Waals surface area contributed by atoms with E-state index in [1.165, 1.54) is 38.0 Å². The molecule has 2 heterocycles. The molecule has 148 valence electrons. The molecule has 1 aromatic carbocycles. The fraction of sp³-hybridized carbons (Fsp3) is 0.667. The number of nitrogens with zero attached hydrogens (tertiary/aromatic N) is 4. The maximum absolute atomic E-state index is 6.15. The number of rotatable bonds is 5. The Bertz CT molecular complexity index is 652. The lowest BCUT2D eigenvalue weighted by Crippen LogP contribution is -2.52. The molecule has 1 aromatic rings. The minimum atomic E-state index is 0.729. The number of halogens is 1. The molecule has 2 aliphatic heterocycles. The highest BCUT2D eigenvalue weighted by Gasteiger charge is 2.34. The van der Waals surface area contributed by atoms with Gasteiger partial charge >= 0.3 is 0 Å². The first-order valence-corrected chi connectivity index (χ1v) is 10.9. The fourth-order valence-corrected chi connectivity index (χ4v) is 4.46. The zero-order valence-corrected chi connectivity index (χ0v) is 17.2. The lowest BCUT2D eigenvalue weighted by Gasteiger charge is -2.37. The normalized spacial score (nSPS) is 24.5. The molecule has 0 amide bonds. The van der Waals surface area contributed by atoms with Gasteiger partial charge in [-0.25, -0.2) is 0 Å². The maximum Gasteiger partial charge on any atom is 0.194 e. The summed E-state index contributed by atoms with van der Waals surface area (Å²) in [4.78, 5) is 12.5. The van der Waals surface area contributed by atoms with E-state index < -0.39 is 0 Å². The van der Waals surface area contributed by atoms with Gasteiger partial charge < -0.3 is 20.0 Å². The monoisotopic (exact) mass is 389 g/mol. The van der Waals surface area contributed by atoms with E-state index in [1.54, 1.807) is 0 Å². The van der Waals surface area contributed by atoms with Crippen LogP contribution in [0.5, 0.6) is 0 Å². The van der Waals surface area contributed by atoms with Crippen LogP contribution < -0.4 is 10.2 Å². The molecule has 2 saturated heterocycles. The predicted molar refractivity (Wildman–Crippen MR) is 114 cm³/mol. The molecule has 3 aliphatic rings. The molecule has 27 heavy (non-hydrogen) atoms. The number of anilines is 1. The maximum atomic E-state index is 6.15. The summed E-state index contributed by atoms with van der Waals surface area (Å²) in [6.45, 7) is 10.6. The van der Waals surface area contributed by atoms with Crippen molar-refractivity contribution in [2.24, 2.45) is 10.9 Å². The van der Waals surface area contributed by atoms with Crippen LogP contribution in [-0.2, 0) is 0 Å². The molecule has 0 spiro atoms. The summed E-state index contributed by atoms with van der Waals surface area (Å²) in [6, 6.07) is 9.06. The van der Waals surface area contributed by atoms with E-state index in [2.05, 4.69) is 39.1 Å². The molecule has 1 N–H and O–H groups in total. The van der Waals surface area contributed by atoms with E-state index in [9.17, 15) is 0 Å². The minimum Gasteiger partial charge on any atom is -0.368 e. The number of likely N-dealkylation sites (tertiary alicyclic amines) is 1. The third-order valence-electron chi connectivity index (χ3n) is 5.97. The molecule has 0 bridgehead atoms. The van der Waals surface area contributed by atoms with Gasteiger partial charge in [-0.2, -0.15) is 0 Å². The molecule has 3 fully saturated rings. The van der Waals surface area contributed by atoms with Gasteiger partial charge in [0.2, 0.25) is 0 Å². The van der Waals surface area contributed by atoms with Gasteiger partial charge in [-0.1, -0.05) is 17.7 Å². The van der Waals surface area contributed by atoms with Crippen LogP contribution in [0.1, 0.15) is 26.2 Å². The first-order chi connectivity index (χ1) is 13.2. The second kappa shape index (κ2) is 8.70. The van der Waals surface area contributed by atoms with Gasteiger partial charge in [-0.15, -0.1) is 0 Å². The van der Waals surface area contributed by atoms with Crippen LogP contribution in [0.4, 0.5) is 5.69 Å². The van der Waals surface area contributed by atoms with E-state index in [1.807, 2.05) is 12.1 Å². The standard InChI is InChI=1S/C21H32ClN5/c1-2-23-21(24-15-17-8-9-27(16-17)19-6-7-19)26-12-10-25(11-13-26)20-5-3-4-18(22)14-20/h3-5,14,17,19H,2,6-13,15-16H2,1H3,(H,23,24). The zero-order valence-electron chi connectivity index (χ0n) is 16.4. The average molecular weight is 390 g/mol. The molecule has 0 aromatic heterocycles. The van der Waals surface area contributed by atoms with Gasteiger partial charge in [0.25, 0.3) is 0 Å². The number of piperazine rings is 1. The van der Waals surface area contributed by atoms with Gasteiger partial charge in [-0.3, -0.25) is 4.99 Å². The lowest BCUT2D eigenvalue weighted by atomic mass is 10.1. The van der Waals surface area contributed by atoms with Crippen molar-refractivity contribution in [3.63, 3.8) is 0 Å². The Balaban J connectivity index is 1.31. The van der Waals surface area contributed by atoms with Crippen molar-refractivity contribution in [2.45, 2.75) is 32.2 Å². The Morgan fingerprint density at radius 2 is 1.96 bits per heavy atom. The van der Waals surface area contributed by atoms with Gasteiger partial charge in [0.15, 0.2) is 5.96 Å². The smallest absolute Gasteiger partial charge is 0.194 e. The van der Waals surface area contributed by atoms with E-state index in [0.29, 0.717) is 0 Å². The Labute approximate surface area is 168 Å². The molecule has 4 rings (SSSR count). The molecule has 1 aliphatic carbocycles. The highest BCUT2D eigenvalue weighted by atomic mass is 35.5. The summed E-state index contributed by atoms with van der Waals surface area (Å²) >= 11 is 6.15. The molecular weight excluding hydrogens is 358 g/mol. The van der Waals surface area contributed by atoms with Crippen molar-refractivity contribution in [3.05, 3.63) is 29.3 Å². The Morgan fingerprint density at radius 3 is 2.67 bits per heavy atom. The van der Waals surface area contributed by atoms with Crippen LogP contribution in [0.3, 0.4) is 0 Å². The first-order valence-electron chi connectivity index (χ1n) is 10.5. The molecule has 1 unspecified atom stereocenters. The summed E-state index contributed by atoms with van der Waals surface area (Å²) in [5.41, 5.74) is 1.22. The lowest BCUT2D eigenvalue weighted by molar-refractivity contribution is 0.315. The van der Waals surface area contributed by atoms with Crippen molar-refractivity contribution in [3.8, 4) is 0 Å². The van der Waals surface area contributed by atoms with Crippen molar-refractivity contribution >= 4 is 23.2 Å². The zero-order chi connectivity index (χ0) is 18.6. The largest absolute Gasteiger partial charge is 0.368 e. The second-order valence-corrected chi connectivity index (χ2v) is 8.47. The summed E-state index contributed by atoms with van der Waals surface area (Å²) < 4.78 is 0. The van der Waals surface area contributed by atoms with E-state index in [-0.39, 0.29) is 0 Å².